The van der Waals surface area contributed by atoms with Crippen molar-refractivity contribution >= 4 is 0 Å². The number of nitrogens with one attached hydrogen (secondary N) is 1. The van der Waals surface area contributed by atoms with E-state index >= 15 is 0 Å². The van der Waals surface area contributed by atoms with Gasteiger partial charge in [-0.05, 0) is 25.5 Å². The van der Waals surface area contributed by atoms with E-state index in [1.807, 2.05) is 23.7 Å². The molecule has 3 rings (SSSR count). The van der Waals surface area contributed by atoms with E-state index in [1.165, 1.54) is 0 Å². The molecule has 0 aliphatic carbocycles. The molecule has 0 amide bonds. The molecule has 5 nitrogen and oxygen atoms in total. The molecule has 1 N–H and O–H groups in total. The van der Waals surface area contributed by atoms with E-state index in [0.717, 1.165) is 43.3 Å². The van der Waals surface area contributed by atoms with Gasteiger partial charge in [0.1, 0.15) is 17.4 Å². The fourth-order valence-electron chi connectivity index (χ4n) is 2.26. The predicted molar refractivity (Wildman–Crippen MR) is 62.4 cm³/mol. The first-order chi connectivity index (χ1) is 8.31. The van der Waals surface area contributed by atoms with Crippen LogP contribution in [0.5, 0.6) is 0 Å². The van der Waals surface area contributed by atoms with Crippen molar-refractivity contribution in [2.75, 3.05) is 0 Å². The Bertz CT molecular complexity index is 489. The first-order valence-electron chi connectivity index (χ1n) is 5.97. The molecule has 5 heteroatoms. The predicted octanol–water partition coefficient (Wildman–Crippen LogP) is 1.28. The maximum atomic E-state index is 5.30. The number of hydrogen-bond donors (Lipinski definition) is 1. The first kappa shape index (κ1) is 10.5. The smallest absolute Gasteiger partial charge is 0.147 e. The maximum absolute atomic E-state index is 5.30. The van der Waals surface area contributed by atoms with E-state index in [1.54, 1.807) is 6.26 Å². The summed E-state index contributed by atoms with van der Waals surface area (Å²) >= 11 is 0. The van der Waals surface area contributed by atoms with Crippen LogP contribution in [-0.4, -0.2) is 20.8 Å². The van der Waals surface area contributed by atoms with Crippen molar-refractivity contribution < 1.29 is 4.42 Å². The molecule has 1 atom stereocenters. The molecule has 90 valence electrons. The summed E-state index contributed by atoms with van der Waals surface area (Å²) in [5.41, 5.74) is 0. The molecule has 1 aliphatic rings. The van der Waals surface area contributed by atoms with Gasteiger partial charge in [0.2, 0.25) is 0 Å². The molecule has 2 aromatic heterocycles. The minimum absolute atomic E-state index is 0.452. The molecule has 0 spiro atoms. The molecule has 0 fully saturated rings. The van der Waals surface area contributed by atoms with Gasteiger partial charge in [-0.1, -0.05) is 0 Å². The van der Waals surface area contributed by atoms with E-state index in [9.17, 15) is 0 Å². The van der Waals surface area contributed by atoms with Gasteiger partial charge in [-0.3, -0.25) is 0 Å². The third-order valence-corrected chi connectivity index (χ3v) is 3.11. The Morgan fingerprint density at radius 2 is 2.53 bits per heavy atom. The van der Waals surface area contributed by atoms with E-state index in [4.69, 9.17) is 4.42 Å². The standard InChI is InChI=1S/C12H16N4O/c1-9-14-12-5-4-10(8-16(12)15-9)13-7-11-3-2-6-17-11/h2-3,6,10,13H,4-5,7-8H2,1H3. The van der Waals surface area contributed by atoms with Gasteiger partial charge >= 0.3 is 0 Å². The maximum Gasteiger partial charge on any atom is 0.147 e. The summed E-state index contributed by atoms with van der Waals surface area (Å²) in [5, 5.41) is 7.88. The van der Waals surface area contributed by atoms with Crippen LogP contribution in [-0.2, 0) is 19.5 Å². The van der Waals surface area contributed by atoms with Gasteiger partial charge < -0.3 is 9.73 Å². The second-order valence-electron chi connectivity index (χ2n) is 4.45. The van der Waals surface area contributed by atoms with Crippen LogP contribution in [0.1, 0.15) is 23.8 Å². The molecule has 0 aromatic carbocycles. The van der Waals surface area contributed by atoms with E-state index in [-0.39, 0.29) is 0 Å². The van der Waals surface area contributed by atoms with E-state index < -0.39 is 0 Å². The highest BCUT2D eigenvalue weighted by Gasteiger charge is 2.20. The molecular weight excluding hydrogens is 216 g/mol. The highest BCUT2D eigenvalue weighted by atomic mass is 16.3. The summed E-state index contributed by atoms with van der Waals surface area (Å²) < 4.78 is 7.31. The zero-order valence-corrected chi connectivity index (χ0v) is 9.89. The van der Waals surface area contributed by atoms with Crippen LogP contribution in [0.2, 0.25) is 0 Å². The van der Waals surface area contributed by atoms with Crippen molar-refractivity contribution in [3.8, 4) is 0 Å². The summed E-state index contributed by atoms with van der Waals surface area (Å²) in [6, 6.07) is 4.35. The number of aromatic nitrogens is 3. The highest BCUT2D eigenvalue weighted by Crippen LogP contribution is 2.13. The van der Waals surface area contributed by atoms with Crippen LogP contribution in [0.25, 0.3) is 0 Å². The van der Waals surface area contributed by atoms with Crippen LogP contribution in [0, 0.1) is 6.92 Å². The molecule has 1 unspecified atom stereocenters. The molecule has 0 saturated heterocycles. The normalized spacial score (nSPS) is 19.2. The lowest BCUT2D eigenvalue weighted by Gasteiger charge is -2.23. The molecule has 3 heterocycles. The highest BCUT2D eigenvalue weighted by molar-refractivity contribution is 5.00. The number of fused-ring (bicyclic) bond motifs is 1. The fourth-order valence-corrected chi connectivity index (χ4v) is 2.26. The quantitative estimate of drug-likeness (QED) is 0.866. The number of aryl methyl sites for hydroxylation is 2. The third kappa shape index (κ3) is 2.24. The summed E-state index contributed by atoms with van der Waals surface area (Å²) in [7, 11) is 0. The fraction of sp³-hybridized carbons (Fsp3) is 0.500. The lowest BCUT2D eigenvalue weighted by atomic mass is 10.1. The summed E-state index contributed by atoms with van der Waals surface area (Å²) in [6.45, 7) is 3.62. The van der Waals surface area contributed by atoms with Crippen LogP contribution < -0.4 is 5.32 Å². The number of rotatable bonds is 3. The Morgan fingerprint density at radius 1 is 1.59 bits per heavy atom. The average molecular weight is 232 g/mol. The number of hydrogen-bond acceptors (Lipinski definition) is 4. The van der Waals surface area contributed by atoms with Gasteiger partial charge in [0.05, 0.1) is 19.4 Å². The van der Waals surface area contributed by atoms with E-state index in [0.29, 0.717) is 6.04 Å². The Hall–Kier alpha value is -1.62. The Labute approximate surface area is 99.8 Å². The topological polar surface area (TPSA) is 55.9 Å². The zero-order valence-electron chi connectivity index (χ0n) is 9.89. The van der Waals surface area contributed by atoms with Crippen molar-refractivity contribution in [2.45, 2.75) is 38.9 Å². The second-order valence-corrected chi connectivity index (χ2v) is 4.45. The SMILES string of the molecule is Cc1nc2n(n1)CC(NCc1ccco1)CC2. The third-order valence-electron chi connectivity index (χ3n) is 3.11. The van der Waals surface area contributed by atoms with E-state index in [2.05, 4.69) is 15.4 Å². The molecular formula is C12H16N4O. The monoisotopic (exact) mass is 232 g/mol. The Balaban J connectivity index is 1.60. The molecule has 2 aromatic rings. The Kier molecular flexibility index (Phi) is 2.68. The first-order valence-corrected chi connectivity index (χ1v) is 5.97. The average Bonchev–Trinajstić information content (AvgIpc) is 2.92. The number of furan rings is 1. The van der Waals surface area contributed by atoms with Gasteiger partial charge in [-0.2, -0.15) is 5.10 Å². The van der Waals surface area contributed by atoms with Crippen molar-refractivity contribution in [2.24, 2.45) is 0 Å². The molecule has 0 bridgehead atoms. The van der Waals surface area contributed by atoms with Gasteiger partial charge in [0.25, 0.3) is 0 Å². The lowest BCUT2D eigenvalue weighted by molar-refractivity contribution is 0.344. The summed E-state index contributed by atoms with van der Waals surface area (Å²) in [6.07, 6.45) is 3.81. The number of nitrogens with zero attached hydrogens (tertiary/aromatic N) is 3. The largest absolute Gasteiger partial charge is 0.468 e. The molecule has 0 saturated carbocycles. The minimum atomic E-state index is 0.452. The Morgan fingerprint density at radius 3 is 3.35 bits per heavy atom. The van der Waals surface area contributed by atoms with Crippen LogP contribution >= 0.6 is 0 Å². The van der Waals surface area contributed by atoms with Crippen LogP contribution in [0.3, 0.4) is 0 Å². The van der Waals surface area contributed by atoms with Crippen molar-refractivity contribution in [3.63, 3.8) is 0 Å². The van der Waals surface area contributed by atoms with Crippen molar-refractivity contribution in [1.82, 2.24) is 20.1 Å². The van der Waals surface area contributed by atoms with Gasteiger partial charge in [-0.15, -0.1) is 0 Å². The van der Waals surface area contributed by atoms with Gasteiger partial charge in [0, 0.05) is 12.5 Å². The van der Waals surface area contributed by atoms with Crippen LogP contribution in [0.15, 0.2) is 22.8 Å². The second kappa shape index (κ2) is 4.33. The zero-order chi connectivity index (χ0) is 11.7. The molecule has 1 aliphatic heterocycles. The molecule has 17 heavy (non-hydrogen) atoms. The van der Waals surface area contributed by atoms with Gasteiger partial charge in [-0.25, -0.2) is 9.67 Å². The van der Waals surface area contributed by atoms with Crippen LogP contribution in [0.4, 0.5) is 0 Å². The summed E-state index contributed by atoms with van der Waals surface area (Å²) in [5.74, 6) is 2.95. The summed E-state index contributed by atoms with van der Waals surface area (Å²) in [4.78, 5) is 4.40. The van der Waals surface area contributed by atoms with Crippen molar-refractivity contribution in [1.29, 1.82) is 0 Å². The molecule has 0 radical (unpaired) electrons. The lowest BCUT2D eigenvalue weighted by Crippen LogP contribution is -2.37. The van der Waals surface area contributed by atoms with Gasteiger partial charge in [0.15, 0.2) is 0 Å². The minimum Gasteiger partial charge on any atom is -0.468 e. The van der Waals surface area contributed by atoms with Crippen molar-refractivity contribution in [3.05, 3.63) is 35.8 Å².